The van der Waals surface area contributed by atoms with Crippen LogP contribution in [0.15, 0.2) is 42.7 Å². The van der Waals surface area contributed by atoms with Crippen molar-refractivity contribution < 1.29 is 14.6 Å². The number of benzene rings is 1. The van der Waals surface area contributed by atoms with Crippen molar-refractivity contribution in [3.8, 4) is 5.75 Å². The third kappa shape index (κ3) is 3.10. The van der Waals surface area contributed by atoms with Crippen molar-refractivity contribution in [1.29, 1.82) is 0 Å². The molecular formula is C12H11N3O5. The van der Waals surface area contributed by atoms with E-state index >= 15 is 0 Å². The summed E-state index contributed by atoms with van der Waals surface area (Å²) in [6.45, 7) is 0.758. The molecular weight excluding hydrogens is 266 g/mol. The lowest BCUT2D eigenvalue weighted by Gasteiger charge is -2.07. The Balaban J connectivity index is 2.10. The molecule has 8 heteroatoms. The van der Waals surface area contributed by atoms with Gasteiger partial charge >= 0.3 is 5.69 Å². The topological polar surface area (TPSA) is 100 Å². The summed E-state index contributed by atoms with van der Waals surface area (Å²) in [4.78, 5) is 20.1. The van der Waals surface area contributed by atoms with Crippen LogP contribution in [0.25, 0.3) is 0 Å². The molecule has 0 aliphatic rings. The Bertz CT molecular complexity index is 624. The maximum Gasteiger partial charge on any atom is 0.317 e. The number of ether oxygens (including phenoxy) is 1. The van der Waals surface area contributed by atoms with Crippen LogP contribution < -0.4 is 4.74 Å². The van der Waals surface area contributed by atoms with Crippen molar-refractivity contribution in [2.45, 2.75) is 6.54 Å². The molecule has 0 aliphatic carbocycles. The molecule has 20 heavy (non-hydrogen) atoms. The molecule has 0 saturated heterocycles. The average Bonchev–Trinajstić information content (AvgIpc) is 2.91. The number of aromatic nitrogens is 1. The molecule has 0 spiro atoms. The highest BCUT2D eigenvalue weighted by Gasteiger charge is 2.20. The van der Waals surface area contributed by atoms with Gasteiger partial charge < -0.3 is 9.30 Å². The molecule has 8 nitrogen and oxygen atoms in total. The number of nitrogens with zero attached hydrogens (tertiary/aromatic N) is 3. The van der Waals surface area contributed by atoms with Gasteiger partial charge in [0.25, 0.3) is 5.69 Å². The molecule has 104 valence electrons. The van der Waals surface area contributed by atoms with E-state index in [9.17, 15) is 20.2 Å². The lowest BCUT2D eigenvalue weighted by molar-refractivity contribution is -0.394. The summed E-state index contributed by atoms with van der Waals surface area (Å²) in [6.07, 6.45) is 3.68. The Kier molecular flexibility index (Phi) is 3.94. The minimum absolute atomic E-state index is 0.0211. The summed E-state index contributed by atoms with van der Waals surface area (Å²) < 4.78 is 7.18. The Morgan fingerprint density at radius 3 is 2.40 bits per heavy atom. The first-order valence-electron chi connectivity index (χ1n) is 5.74. The van der Waals surface area contributed by atoms with Gasteiger partial charge in [-0.3, -0.25) is 20.2 Å². The number of nitro groups is 2. The first kappa shape index (κ1) is 13.5. The zero-order chi connectivity index (χ0) is 14.5. The molecule has 0 unspecified atom stereocenters. The first-order valence-corrected chi connectivity index (χ1v) is 5.74. The largest absolute Gasteiger partial charge is 0.485 e. The normalized spacial score (nSPS) is 10.2. The summed E-state index contributed by atoms with van der Waals surface area (Å²) in [7, 11) is 0. The predicted octanol–water partition coefficient (Wildman–Crippen LogP) is 2.38. The fraction of sp³-hybridized carbons (Fsp3) is 0.167. The number of rotatable bonds is 6. The van der Waals surface area contributed by atoms with Crippen molar-refractivity contribution in [3.63, 3.8) is 0 Å². The monoisotopic (exact) mass is 277 g/mol. The van der Waals surface area contributed by atoms with Gasteiger partial charge in [0.1, 0.15) is 6.61 Å². The lowest BCUT2D eigenvalue weighted by Crippen LogP contribution is -2.07. The Hall–Kier alpha value is -2.90. The molecule has 0 radical (unpaired) electrons. The molecule has 0 aliphatic heterocycles. The molecule has 0 fully saturated rings. The van der Waals surface area contributed by atoms with Gasteiger partial charge in [0.15, 0.2) is 5.75 Å². The van der Waals surface area contributed by atoms with E-state index in [-0.39, 0.29) is 18.0 Å². The zero-order valence-corrected chi connectivity index (χ0v) is 10.3. The summed E-state index contributed by atoms with van der Waals surface area (Å²) in [5, 5.41) is 21.5. The number of hydrogen-bond acceptors (Lipinski definition) is 5. The second kappa shape index (κ2) is 5.83. The van der Waals surface area contributed by atoms with E-state index in [4.69, 9.17) is 4.74 Å². The van der Waals surface area contributed by atoms with Crippen molar-refractivity contribution in [2.24, 2.45) is 0 Å². The molecule has 0 amide bonds. The predicted molar refractivity (Wildman–Crippen MR) is 69.7 cm³/mol. The van der Waals surface area contributed by atoms with Crippen LogP contribution in [-0.4, -0.2) is 21.0 Å². The minimum atomic E-state index is -0.696. The molecule has 1 heterocycles. The van der Waals surface area contributed by atoms with Crippen molar-refractivity contribution >= 4 is 11.4 Å². The van der Waals surface area contributed by atoms with Gasteiger partial charge in [-0.05, 0) is 18.2 Å². The highest BCUT2D eigenvalue weighted by Crippen LogP contribution is 2.30. The van der Waals surface area contributed by atoms with Crippen LogP contribution >= 0.6 is 0 Å². The molecule has 1 aromatic carbocycles. The second-order valence-electron chi connectivity index (χ2n) is 3.94. The van der Waals surface area contributed by atoms with E-state index < -0.39 is 15.5 Å². The molecule has 0 atom stereocenters. The van der Waals surface area contributed by atoms with Gasteiger partial charge in [-0.2, -0.15) is 0 Å². The van der Waals surface area contributed by atoms with Gasteiger partial charge in [0.2, 0.25) is 0 Å². The Morgan fingerprint density at radius 2 is 1.80 bits per heavy atom. The second-order valence-corrected chi connectivity index (χ2v) is 3.94. The van der Waals surface area contributed by atoms with Crippen LogP contribution in [0.2, 0.25) is 0 Å². The van der Waals surface area contributed by atoms with Crippen molar-refractivity contribution in [1.82, 2.24) is 4.57 Å². The summed E-state index contributed by atoms with van der Waals surface area (Å²) >= 11 is 0. The van der Waals surface area contributed by atoms with Gasteiger partial charge in [0, 0.05) is 18.5 Å². The van der Waals surface area contributed by atoms with E-state index in [1.165, 1.54) is 12.1 Å². The standard InChI is InChI=1S/C12H11N3O5/c16-14(17)10-3-4-12(11(9-10)15(18)19)20-8-7-13-5-1-2-6-13/h1-6,9H,7-8H2. The summed E-state index contributed by atoms with van der Waals surface area (Å²) in [5.41, 5.74) is -0.749. The van der Waals surface area contributed by atoms with Crippen LogP contribution in [0.3, 0.4) is 0 Å². The maximum atomic E-state index is 10.9. The molecule has 2 aromatic rings. The quantitative estimate of drug-likeness (QED) is 0.596. The van der Waals surface area contributed by atoms with Gasteiger partial charge in [-0.1, -0.05) is 0 Å². The van der Waals surface area contributed by atoms with Crippen LogP contribution in [-0.2, 0) is 6.54 Å². The zero-order valence-electron chi connectivity index (χ0n) is 10.3. The fourth-order valence-electron chi connectivity index (χ4n) is 1.66. The summed E-state index contributed by atoms with van der Waals surface area (Å²) in [6, 6.07) is 7.03. The minimum Gasteiger partial charge on any atom is -0.485 e. The van der Waals surface area contributed by atoms with Crippen LogP contribution in [0.4, 0.5) is 11.4 Å². The smallest absolute Gasteiger partial charge is 0.317 e. The first-order chi connectivity index (χ1) is 9.58. The third-order valence-corrected chi connectivity index (χ3v) is 2.62. The Labute approximate surface area is 113 Å². The molecule has 0 N–H and O–H groups in total. The van der Waals surface area contributed by atoms with Crippen LogP contribution in [0.1, 0.15) is 0 Å². The van der Waals surface area contributed by atoms with E-state index in [1.54, 1.807) is 0 Å². The lowest BCUT2D eigenvalue weighted by atomic mass is 10.2. The highest BCUT2D eigenvalue weighted by molar-refractivity contribution is 5.53. The van der Waals surface area contributed by atoms with E-state index in [0.29, 0.717) is 6.54 Å². The number of nitro benzene ring substituents is 2. The number of non-ortho nitro benzene ring substituents is 1. The maximum absolute atomic E-state index is 10.9. The molecule has 2 rings (SSSR count). The van der Waals surface area contributed by atoms with Crippen LogP contribution in [0.5, 0.6) is 5.75 Å². The average molecular weight is 277 g/mol. The van der Waals surface area contributed by atoms with Crippen LogP contribution in [0, 0.1) is 20.2 Å². The van der Waals surface area contributed by atoms with E-state index in [1.807, 2.05) is 29.1 Å². The van der Waals surface area contributed by atoms with Gasteiger partial charge in [-0.15, -0.1) is 0 Å². The molecule has 1 aromatic heterocycles. The highest BCUT2D eigenvalue weighted by atomic mass is 16.6. The summed E-state index contributed by atoms with van der Waals surface area (Å²) in [5.74, 6) is 0.0211. The fourth-order valence-corrected chi connectivity index (χ4v) is 1.66. The van der Waals surface area contributed by atoms with Crippen molar-refractivity contribution in [2.75, 3.05) is 6.61 Å². The SMILES string of the molecule is O=[N+]([O-])c1ccc(OCCn2cccc2)c([N+](=O)[O-])c1. The van der Waals surface area contributed by atoms with Gasteiger partial charge in [0.05, 0.1) is 22.5 Å². The third-order valence-electron chi connectivity index (χ3n) is 2.62. The van der Waals surface area contributed by atoms with E-state index in [0.717, 1.165) is 6.07 Å². The number of hydrogen-bond donors (Lipinski definition) is 0. The Morgan fingerprint density at radius 1 is 1.10 bits per heavy atom. The molecule has 0 saturated carbocycles. The van der Waals surface area contributed by atoms with Crippen molar-refractivity contribution in [3.05, 3.63) is 63.0 Å². The van der Waals surface area contributed by atoms with Gasteiger partial charge in [-0.25, -0.2) is 0 Å². The van der Waals surface area contributed by atoms with E-state index in [2.05, 4.69) is 0 Å². The molecule has 0 bridgehead atoms.